The second kappa shape index (κ2) is 7.65. The van der Waals surface area contributed by atoms with Crippen LogP contribution in [0.15, 0.2) is 42.5 Å². The molecule has 0 aliphatic carbocycles. The Morgan fingerprint density at radius 2 is 1.76 bits per heavy atom. The highest BCUT2D eigenvalue weighted by Gasteiger charge is 2.19. The molecule has 7 heteroatoms. The standard InChI is InChI=1S/C18H22N4O3/c1-19-16-10-7-14(11-17(16)22(24)25)18(23)21(4)12-13-5-8-15(9-6-13)20(2)3/h5-11,19H,12H2,1-4H3. The predicted octanol–water partition coefficient (Wildman–Crippen LogP) is 2.97. The molecule has 0 radical (unpaired) electrons. The molecule has 0 spiro atoms. The van der Waals surface area contributed by atoms with Gasteiger partial charge in [0.1, 0.15) is 5.69 Å². The monoisotopic (exact) mass is 342 g/mol. The van der Waals surface area contributed by atoms with Crippen LogP contribution in [0.3, 0.4) is 0 Å². The number of nitro groups is 1. The summed E-state index contributed by atoms with van der Waals surface area (Å²) in [6, 6.07) is 12.3. The van der Waals surface area contributed by atoms with Gasteiger partial charge in [-0.1, -0.05) is 12.1 Å². The van der Waals surface area contributed by atoms with Crippen molar-refractivity contribution in [3.8, 4) is 0 Å². The minimum atomic E-state index is -0.497. The molecule has 132 valence electrons. The maximum Gasteiger partial charge on any atom is 0.293 e. The molecule has 1 N–H and O–H groups in total. The van der Waals surface area contributed by atoms with Crippen molar-refractivity contribution in [1.82, 2.24) is 4.90 Å². The third-order valence-corrected chi connectivity index (χ3v) is 3.93. The van der Waals surface area contributed by atoms with E-state index < -0.39 is 4.92 Å². The normalized spacial score (nSPS) is 10.2. The van der Waals surface area contributed by atoms with Gasteiger partial charge >= 0.3 is 0 Å². The van der Waals surface area contributed by atoms with Gasteiger partial charge in [0, 0.05) is 52.1 Å². The lowest BCUT2D eigenvalue weighted by atomic mass is 10.1. The zero-order valence-electron chi connectivity index (χ0n) is 14.8. The predicted molar refractivity (Wildman–Crippen MR) is 99.2 cm³/mol. The molecule has 2 rings (SSSR count). The molecule has 0 aliphatic rings. The number of amides is 1. The molecule has 7 nitrogen and oxygen atoms in total. The molecule has 0 heterocycles. The molecule has 0 fully saturated rings. The van der Waals surface area contributed by atoms with Crippen LogP contribution >= 0.6 is 0 Å². The van der Waals surface area contributed by atoms with Crippen molar-refractivity contribution in [3.05, 3.63) is 63.7 Å². The quantitative estimate of drug-likeness (QED) is 0.645. The number of anilines is 2. The minimum absolute atomic E-state index is 0.114. The highest BCUT2D eigenvalue weighted by Crippen LogP contribution is 2.25. The van der Waals surface area contributed by atoms with Gasteiger partial charge in [-0.05, 0) is 29.8 Å². The van der Waals surface area contributed by atoms with Gasteiger partial charge in [-0.3, -0.25) is 14.9 Å². The van der Waals surface area contributed by atoms with Gasteiger partial charge in [0.25, 0.3) is 11.6 Å². The van der Waals surface area contributed by atoms with E-state index in [9.17, 15) is 14.9 Å². The van der Waals surface area contributed by atoms with Gasteiger partial charge in [0.2, 0.25) is 0 Å². The maximum absolute atomic E-state index is 12.6. The Balaban J connectivity index is 2.16. The fourth-order valence-corrected chi connectivity index (χ4v) is 2.49. The van der Waals surface area contributed by atoms with Crippen molar-refractivity contribution in [2.75, 3.05) is 38.4 Å². The van der Waals surface area contributed by atoms with Gasteiger partial charge in [-0.15, -0.1) is 0 Å². The number of carbonyl (C=O) groups is 1. The smallest absolute Gasteiger partial charge is 0.293 e. The zero-order chi connectivity index (χ0) is 18.6. The first-order valence-electron chi connectivity index (χ1n) is 7.81. The van der Waals surface area contributed by atoms with Crippen LogP contribution in [0.5, 0.6) is 0 Å². The van der Waals surface area contributed by atoms with Crippen LogP contribution in [0.4, 0.5) is 17.1 Å². The summed E-state index contributed by atoms with van der Waals surface area (Å²) >= 11 is 0. The molecule has 0 aliphatic heterocycles. The van der Waals surface area contributed by atoms with Crippen LogP contribution in [0.2, 0.25) is 0 Å². The summed E-state index contributed by atoms with van der Waals surface area (Å²) in [4.78, 5) is 26.8. The highest BCUT2D eigenvalue weighted by molar-refractivity contribution is 5.95. The first-order valence-corrected chi connectivity index (χ1v) is 7.81. The van der Waals surface area contributed by atoms with E-state index in [0.29, 0.717) is 12.2 Å². The van der Waals surface area contributed by atoms with Crippen LogP contribution in [0.1, 0.15) is 15.9 Å². The Kier molecular flexibility index (Phi) is 5.59. The Morgan fingerprint density at radius 3 is 2.28 bits per heavy atom. The lowest BCUT2D eigenvalue weighted by Gasteiger charge is -2.19. The van der Waals surface area contributed by atoms with E-state index in [1.54, 1.807) is 31.1 Å². The Bertz CT molecular complexity index is 772. The number of nitrogens with zero attached hydrogens (tertiary/aromatic N) is 3. The van der Waals surface area contributed by atoms with Gasteiger partial charge in [0.15, 0.2) is 0 Å². The zero-order valence-corrected chi connectivity index (χ0v) is 14.8. The van der Waals surface area contributed by atoms with Crippen molar-refractivity contribution in [2.45, 2.75) is 6.54 Å². The van der Waals surface area contributed by atoms with E-state index in [0.717, 1.165) is 11.3 Å². The second-order valence-electron chi connectivity index (χ2n) is 5.96. The number of carbonyl (C=O) groups excluding carboxylic acids is 1. The first kappa shape index (κ1) is 18.3. The third-order valence-electron chi connectivity index (χ3n) is 3.93. The summed E-state index contributed by atoms with van der Waals surface area (Å²) < 4.78 is 0. The van der Waals surface area contributed by atoms with Crippen molar-refractivity contribution < 1.29 is 9.72 Å². The summed E-state index contributed by atoms with van der Waals surface area (Å²) in [6.07, 6.45) is 0. The topological polar surface area (TPSA) is 78.7 Å². The molecule has 2 aromatic carbocycles. The van der Waals surface area contributed by atoms with Gasteiger partial charge in [-0.2, -0.15) is 0 Å². The summed E-state index contributed by atoms with van der Waals surface area (Å²) in [5, 5.41) is 13.9. The molecule has 0 atom stereocenters. The molecule has 0 unspecified atom stereocenters. The molecular weight excluding hydrogens is 320 g/mol. The molecule has 0 aromatic heterocycles. The lowest BCUT2D eigenvalue weighted by Crippen LogP contribution is -2.26. The molecule has 0 saturated heterocycles. The van der Waals surface area contributed by atoms with Gasteiger partial charge < -0.3 is 15.1 Å². The average Bonchev–Trinajstić information content (AvgIpc) is 2.60. The van der Waals surface area contributed by atoms with Crippen molar-refractivity contribution in [3.63, 3.8) is 0 Å². The van der Waals surface area contributed by atoms with E-state index in [-0.39, 0.29) is 17.2 Å². The van der Waals surface area contributed by atoms with Crippen LogP contribution in [0, 0.1) is 10.1 Å². The van der Waals surface area contributed by atoms with Crippen molar-refractivity contribution in [2.24, 2.45) is 0 Å². The number of nitro benzene ring substituents is 1. The Labute approximate surface area is 147 Å². The fourth-order valence-electron chi connectivity index (χ4n) is 2.49. The average molecular weight is 342 g/mol. The van der Waals surface area contributed by atoms with Crippen LogP contribution in [-0.4, -0.2) is 43.9 Å². The van der Waals surface area contributed by atoms with E-state index in [4.69, 9.17) is 0 Å². The summed E-state index contributed by atoms with van der Waals surface area (Å²) in [6.45, 7) is 0.425. The minimum Gasteiger partial charge on any atom is -0.383 e. The van der Waals surface area contributed by atoms with E-state index in [2.05, 4.69) is 5.32 Å². The van der Waals surface area contributed by atoms with E-state index in [1.807, 2.05) is 43.3 Å². The molecule has 1 amide bonds. The van der Waals surface area contributed by atoms with Crippen LogP contribution < -0.4 is 10.2 Å². The molecule has 2 aromatic rings. The number of hydrogen-bond donors (Lipinski definition) is 1. The summed E-state index contributed by atoms with van der Waals surface area (Å²) in [5.74, 6) is -0.262. The molecule has 0 saturated carbocycles. The van der Waals surface area contributed by atoms with Crippen molar-refractivity contribution in [1.29, 1.82) is 0 Å². The van der Waals surface area contributed by atoms with Crippen LogP contribution in [-0.2, 0) is 6.54 Å². The van der Waals surface area contributed by atoms with Crippen molar-refractivity contribution >= 4 is 23.0 Å². The SMILES string of the molecule is CNc1ccc(C(=O)N(C)Cc2ccc(N(C)C)cc2)cc1[N+](=O)[O-]. The number of hydrogen-bond acceptors (Lipinski definition) is 5. The van der Waals surface area contributed by atoms with Crippen LogP contribution in [0.25, 0.3) is 0 Å². The van der Waals surface area contributed by atoms with Gasteiger partial charge in [0.05, 0.1) is 4.92 Å². The number of benzene rings is 2. The second-order valence-corrected chi connectivity index (χ2v) is 5.96. The Hall–Kier alpha value is -3.09. The Morgan fingerprint density at radius 1 is 1.12 bits per heavy atom. The largest absolute Gasteiger partial charge is 0.383 e. The summed E-state index contributed by atoms with van der Waals surface area (Å²) in [7, 11) is 7.21. The highest BCUT2D eigenvalue weighted by atomic mass is 16.6. The number of rotatable bonds is 6. The molecular formula is C18H22N4O3. The molecule has 25 heavy (non-hydrogen) atoms. The number of nitrogens with one attached hydrogen (secondary N) is 1. The molecule has 0 bridgehead atoms. The van der Waals surface area contributed by atoms with E-state index in [1.165, 1.54) is 6.07 Å². The first-order chi connectivity index (χ1) is 11.8. The third kappa shape index (κ3) is 4.26. The summed E-state index contributed by atoms with van der Waals surface area (Å²) in [5.41, 5.74) is 2.62. The van der Waals surface area contributed by atoms with Gasteiger partial charge in [-0.25, -0.2) is 0 Å². The fraction of sp³-hybridized carbons (Fsp3) is 0.278. The van der Waals surface area contributed by atoms with E-state index >= 15 is 0 Å². The maximum atomic E-state index is 12.6. The lowest BCUT2D eigenvalue weighted by molar-refractivity contribution is -0.384.